The van der Waals surface area contributed by atoms with Crippen LogP contribution in [0.2, 0.25) is 5.15 Å². The third-order valence-electron chi connectivity index (χ3n) is 1.46. The summed E-state index contributed by atoms with van der Waals surface area (Å²) in [7, 11) is 3.20. The third kappa shape index (κ3) is 3.01. The van der Waals surface area contributed by atoms with Crippen molar-refractivity contribution in [2.24, 2.45) is 0 Å². The van der Waals surface area contributed by atoms with Crippen LogP contribution in [0.3, 0.4) is 0 Å². The average Bonchev–Trinajstić information content (AvgIpc) is 2.18. The van der Waals surface area contributed by atoms with Gasteiger partial charge in [-0.25, -0.2) is 9.97 Å². The maximum absolute atomic E-state index is 5.82. The van der Waals surface area contributed by atoms with E-state index in [4.69, 9.17) is 21.1 Å². The fraction of sp³-hybridized carbons (Fsp3) is 0.500. The lowest BCUT2D eigenvalue weighted by molar-refractivity contribution is 0.218. The second-order valence-electron chi connectivity index (χ2n) is 2.34. The molecule has 0 fully saturated rings. The van der Waals surface area contributed by atoms with Gasteiger partial charge in [0.15, 0.2) is 10.9 Å². The van der Waals surface area contributed by atoms with Crippen LogP contribution in [-0.2, 0) is 4.74 Å². The number of nitrogens with zero attached hydrogens (tertiary/aromatic N) is 2. The van der Waals surface area contributed by atoms with Crippen LogP contribution in [0, 0.1) is 0 Å². The number of hydrogen-bond acceptors (Lipinski definition) is 5. The zero-order valence-corrected chi connectivity index (χ0v) is 9.56. The summed E-state index contributed by atoms with van der Waals surface area (Å²) < 4.78 is 10.0. The zero-order chi connectivity index (χ0) is 10.4. The van der Waals surface area contributed by atoms with Crippen LogP contribution in [0.1, 0.15) is 0 Å². The minimum atomic E-state index is 0.336. The number of halogens is 1. The van der Waals surface area contributed by atoms with Crippen LogP contribution in [0.15, 0.2) is 11.4 Å². The lowest BCUT2D eigenvalue weighted by Gasteiger charge is -2.06. The van der Waals surface area contributed by atoms with Crippen molar-refractivity contribution in [2.45, 2.75) is 5.03 Å². The number of ether oxygens (including phenoxy) is 2. The molecule has 0 aliphatic heterocycles. The highest BCUT2D eigenvalue weighted by molar-refractivity contribution is 7.99. The van der Waals surface area contributed by atoms with Gasteiger partial charge in [-0.15, -0.1) is 11.8 Å². The van der Waals surface area contributed by atoms with Crippen LogP contribution in [0.25, 0.3) is 0 Å². The van der Waals surface area contributed by atoms with E-state index in [2.05, 4.69) is 9.97 Å². The highest BCUT2D eigenvalue weighted by Crippen LogP contribution is 2.31. The van der Waals surface area contributed by atoms with Gasteiger partial charge >= 0.3 is 0 Å². The van der Waals surface area contributed by atoms with Crippen molar-refractivity contribution in [3.63, 3.8) is 0 Å². The fourth-order valence-electron chi connectivity index (χ4n) is 0.834. The van der Waals surface area contributed by atoms with E-state index >= 15 is 0 Å². The number of thioether (sulfide) groups is 1. The Balaban J connectivity index is 2.70. The van der Waals surface area contributed by atoms with Gasteiger partial charge in [0.25, 0.3) is 0 Å². The molecule has 0 aliphatic rings. The van der Waals surface area contributed by atoms with Crippen molar-refractivity contribution < 1.29 is 9.47 Å². The summed E-state index contributed by atoms with van der Waals surface area (Å²) in [5.41, 5.74) is 0. The molecule has 1 aromatic heterocycles. The van der Waals surface area contributed by atoms with E-state index in [0.717, 1.165) is 10.8 Å². The van der Waals surface area contributed by atoms with Gasteiger partial charge in [0.1, 0.15) is 11.4 Å². The van der Waals surface area contributed by atoms with Crippen LogP contribution in [-0.4, -0.2) is 36.5 Å². The van der Waals surface area contributed by atoms with Gasteiger partial charge in [0.2, 0.25) is 0 Å². The van der Waals surface area contributed by atoms with Crippen LogP contribution >= 0.6 is 23.4 Å². The summed E-state index contributed by atoms with van der Waals surface area (Å²) in [5, 5.41) is 1.08. The van der Waals surface area contributed by atoms with E-state index in [9.17, 15) is 0 Å². The lowest BCUT2D eigenvalue weighted by Crippen LogP contribution is -1.96. The normalized spacial score (nSPS) is 10.2. The molecule has 4 nitrogen and oxygen atoms in total. The summed E-state index contributed by atoms with van der Waals surface area (Å²) in [6.45, 7) is 0.662. The Morgan fingerprint density at radius 2 is 2.21 bits per heavy atom. The first-order valence-electron chi connectivity index (χ1n) is 3.95. The summed E-state index contributed by atoms with van der Waals surface area (Å²) >= 11 is 7.35. The minimum absolute atomic E-state index is 0.336. The van der Waals surface area contributed by atoms with E-state index in [-0.39, 0.29) is 0 Å². The molecule has 1 aromatic rings. The zero-order valence-electron chi connectivity index (χ0n) is 7.99. The number of methoxy groups -OCH3 is 2. The van der Waals surface area contributed by atoms with Gasteiger partial charge in [-0.05, 0) is 0 Å². The Kier molecular flexibility index (Phi) is 5.00. The molecule has 78 valence electrons. The van der Waals surface area contributed by atoms with Crippen molar-refractivity contribution in [1.82, 2.24) is 9.97 Å². The van der Waals surface area contributed by atoms with Gasteiger partial charge in [-0.1, -0.05) is 11.6 Å². The van der Waals surface area contributed by atoms with E-state index in [1.807, 2.05) is 0 Å². The van der Waals surface area contributed by atoms with Gasteiger partial charge in [0.05, 0.1) is 13.7 Å². The Morgan fingerprint density at radius 1 is 1.43 bits per heavy atom. The Hall–Kier alpha value is -0.520. The smallest absolute Gasteiger partial charge is 0.188 e. The van der Waals surface area contributed by atoms with Gasteiger partial charge in [-0.3, -0.25) is 0 Å². The highest BCUT2D eigenvalue weighted by Gasteiger charge is 2.09. The molecule has 0 N–H and O–H groups in total. The van der Waals surface area contributed by atoms with Crippen molar-refractivity contribution in [3.05, 3.63) is 11.5 Å². The number of aromatic nitrogens is 2. The largest absolute Gasteiger partial charge is 0.491 e. The van der Waals surface area contributed by atoms with E-state index < -0.39 is 0 Å². The topological polar surface area (TPSA) is 44.2 Å². The molecule has 0 saturated carbocycles. The molecule has 0 bridgehead atoms. The molecule has 1 rings (SSSR count). The minimum Gasteiger partial charge on any atom is -0.491 e. The molecule has 1 heterocycles. The fourth-order valence-corrected chi connectivity index (χ4v) is 1.98. The maximum Gasteiger partial charge on any atom is 0.188 e. The Bertz CT molecular complexity index is 299. The predicted molar refractivity (Wildman–Crippen MR) is 56.2 cm³/mol. The molecule has 0 aliphatic carbocycles. The third-order valence-corrected chi connectivity index (χ3v) is 2.66. The van der Waals surface area contributed by atoms with Gasteiger partial charge < -0.3 is 9.47 Å². The molecule has 6 heteroatoms. The molecular weight excluding hydrogens is 224 g/mol. The molecular formula is C8H11ClN2O2S. The average molecular weight is 235 g/mol. The second-order valence-corrected chi connectivity index (χ2v) is 3.79. The summed E-state index contributed by atoms with van der Waals surface area (Å²) in [5.74, 6) is 1.33. The molecule has 0 saturated heterocycles. The second kappa shape index (κ2) is 6.06. The molecule has 0 atom stereocenters. The van der Waals surface area contributed by atoms with E-state index in [1.54, 1.807) is 14.2 Å². The number of hydrogen-bond donors (Lipinski definition) is 0. The first-order chi connectivity index (χ1) is 6.79. The molecule has 0 radical (unpaired) electrons. The predicted octanol–water partition coefficient (Wildman–Crippen LogP) is 1.88. The standard InChI is InChI=1S/C8H11ClN2O2S/c1-12-3-4-14-8-6(13-2)7(9)10-5-11-8/h5H,3-4H2,1-2H3. The quantitative estimate of drug-likeness (QED) is 0.442. The number of rotatable bonds is 5. The van der Waals surface area contributed by atoms with Crippen LogP contribution in [0.5, 0.6) is 5.75 Å². The van der Waals surface area contributed by atoms with Crippen LogP contribution < -0.4 is 4.74 Å². The summed E-state index contributed by atoms with van der Waals surface area (Å²) in [6.07, 6.45) is 1.42. The van der Waals surface area contributed by atoms with Crippen molar-refractivity contribution in [3.8, 4) is 5.75 Å². The SMILES string of the molecule is COCCSc1ncnc(Cl)c1OC. The van der Waals surface area contributed by atoms with Gasteiger partial charge in [-0.2, -0.15) is 0 Å². The molecule has 0 spiro atoms. The van der Waals surface area contributed by atoms with Crippen molar-refractivity contribution in [2.75, 3.05) is 26.6 Å². The first-order valence-corrected chi connectivity index (χ1v) is 5.32. The molecule has 14 heavy (non-hydrogen) atoms. The molecule has 0 unspecified atom stereocenters. The molecule has 0 aromatic carbocycles. The van der Waals surface area contributed by atoms with E-state index in [1.165, 1.54) is 18.1 Å². The lowest BCUT2D eigenvalue weighted by atomic mass is 10.6. The van der Waals surface area contributed by atoms with Crippen molar-refractivity contribution in [1.29, 1.82) is 0 Å². The molecule has 0 amide bonds. The van der Waals surface area contributed by atoms with E-state index in [0.29, 0.717) is 17.5 Å². The Morgan fingerprint density at radius 3 is 2.86 bits per heavy atom. The van der Waals surface area contributed by atoms with Crippen LogP contribution in [0.4, 0.5) is 0 Å². The summed E-state index contributed by atoms with van der Waals surface area (Å²) in [4.78, 5) is 7.89. The maximum atomic E-state index is 5.82. The van der Waals surface area contributed by atoms with Gasteiger partial charge in [0, 0.05) is 12.9 Å². The highest BCUT2D eigenvalue weighted by atomic mass is 35.5. The first kappa shape index (κ1) is 11.6. The summed E-state index contributed by atoms with van der Waals surface area (Å²) in [6, 6.07) is 0. The van der Waals surface area contributed by atoms with Crippen molar-refractivity contribution >= 4 is 23.4 Å². The monoisotopic (exact) mass is 234 g/mol. The Labute approximate surface area is 92.0 Å².